The van der Waals surface area contributed by atoms with E-state index in [-0.39, 0.29) is 18.6 Å². The van der Waals surface area contributed by atoms with Gasteiger partial charge >= 0.3 is 11.9 Å². The van der Waals surface area contributed by atoms with Gasteiger partial charge in [-0.1, -0.05) is 21.3 Å². The van der Waals surface area contributed by atoms with Gasteiger partial charge in [0.2, 0.25) is 0 Å². The van der Waals surface area contributed by atoms with Gasteiger partial charge in [0.05, 0.1) is 18.2 Å². The summed E-state index contributed by atoms with van der Waals surface area (Å²) < 4.78 is 5.39. The van der Waals surface area contributed by atoms with Gasteiger partial charge in [-0.15, -0.1) is 13.2 Å². The van der Waals surface area contributed by atoms with Gasteiger partial charge in [0, 0.05) is 8.95 Å². The summed E-state index contributed by atoms with van der Waals surface area (Å²) >= 11 is 6.24. The molecule has 4 nitrogen and oxygen atoms in total. The first-order chi connectivity index (χ1) is 8.97. The van der Waals surface area contributed by atoms with Crippen molar-refractivity contribution >= 4 is 43.8 Å². The minimum Gasteiger partial charge on any atom is -0.478 e. The number of carbonyl (C=O) groups is 2. The Kier molecular flexibility index (Phi) is 15.4. The quantitative estimate of drug-likeness (QED) is 0.539. The lowest BCUT2D eigenvalue weighted by atomic mass is 10.1. The monoisotopic (exact) mass is 410 g/mol. The van der Waals surface area contributed by atoms with Crippen LogP contribution in [0.3, 0.4) is 0 Å². The van der Waals surface area contributed by atoms with Crippen molar-refractivity contribution in [1.82, 2.24) is 0 Å². The average Bonchev–Trinajstić information content (AvgIpc) is 2.42. The fourth-order valence-corrected chi connectivity index (χ4v) is 2.30. The molecule has 0 spiro atoms. The average molecular weight is 412 g/mol. The number of hydrogen-bond donors (Lipinski definition) is 1. The normalized spacial score (nSPS) is 7.85. The molecule has 0 radical (unpaired) electrons. The Morgan fingerprint density at radius 1 is 1.10 bits per heavy atom. The van der Waals surface area contributed by atoms with E-state index in [0.717, 1.165) is 0 Å². The van der Waals surface area contributed by atoms with E-state index in [4.69, 9.17) is 5.11 Å². The lowest BCUT2D eigenvalue weighted by Gasteiger charge is -2.05. The summed E-state index contributed by atoms with van der Waals surface area (Å²) in [7, 11) is 1.23. The number of hydrogen-bond acceptors (Lipinski definition) is 3. The number of halogens is 2. The third-order valence-corrected chi connectivity index (χ3v) is 3.00. The summed E-state index contributed by atoms with van der Waals surface area (Å²) in [5.41, 5.74) is 0.191. The van der Waals surface area contributed by atoms with Crippen LogP contribution in [0.1, 0.15) is 42.0 Å². The highest BCUT2D eigenvalue weighted by molar-refractivity contribution is 9.11. The summed E-state index contributed by atoms with van der Waals surface area (Å²) in [6.45, 7) is 10.0. The zero-order chi connectivity index (χ0) is 15.6. The van der Waals surface area contributed by atoms with E-state index in [0.29, 0.717) is 8.95 Å². The van der Waals surface area contributed by atoms with E-state index in [2.05, 4.69) is 49.8 Å². The zero-order valence-corrected chi connectivity index (χ0v) is 14.2. The molecule has 0 fully saturated rings. The van der Waals surface area contributed by atoms with E-state index in [1.165, 1.54) is 19.2 Å². The standard InChI is InChI=1S/C9H6Br2O4.C2H6.C2H4.CH4/c1-15-9(14)5-2-4(8(12)13)6(10)3-7(5)11;2*1-2;/h2-3H,1H3,(H,12,13);1-2H3;1-2H2;1H4. The largest absolute Gasteiger partial charge is 0.478 e. The molecule has 0 bridgehead atoms. The van der Waals surface area contributed by atoms with Crippen LogP contribution in [-0.4, -0.2) is 24.2 Å². The highest BCUT2D eigenvalue weighted by Gasteiger charge is 2.17. The zero-order valence-electron chi connectivity index (χ0n) is 11.0. The van der Waals surface area contributed by atoms with Crippen LogP contribution in [-0.2, 0) is 4.74 Å². The number of carbonyl (C=O) groups excluding carboxylic acids is 1. The Hall–Kier alpha value is -1.14. The van der Waals surface area contributed by atoms with Crippen LogP contribution < -0.4 is 0 Å². The Morgan fingerprint density at radius 3 is 1.85 bits per heavy atom. The number of rotatable bonds is 2. The van der Waals surface area contributed by atoms with Crippen LogP contribution in [0.15, 0.2) is 34.2 Å². The van der Waals surface area contributed by atoms with Crippen LogP contribution in [0.2, 0.25) is 0 Å². The van der Waals surface area contributed by atoms with E-state index in [1.54, 1.807) is 0 Å². The summed E-state index contributed by atoms with van der Waals surface area (Å²) in [4.78, 5) is 22.1. The van der Waals surface area contributed by atoms with E-state index < -0.39 is 11.9 Å². The highest BCUT2D eigenvalue weighted by atomic mass is 79.9. The molecule has 1 N–H and O–H groups in total. The Morgan fingerprint density at radius 2 is 1.50 bits per heavy atom. The minimum absolute atomic E-state index is 0. The molecule has 0 aromatic heterocycles. The Balaban J connectivity index is -0.000000529. The molecule has 1 aromatic carbocycles. The van der Waals surface area contributed by atoms with Crippen LogP contribution in [0, 0.1) is 0 Å². The molecule has 0 saturated carbocycles. The summed E-state index contributed by atoms with van der Waals surface area (Å²) in [6.07, 6.45) is 0. The molecular weight excluding hydrogens is 392 g/mol. The third-order valence-electron chi connectivity index (χ3n) is 1.69. The van der Waals surface area contributed by atoms with Gasteiger partial charge in [0.15, 0.2) is 0 Å². The second-order valence-corrected chi connectivity index (χ2v) is 4.32. The minimum atomic E-state index is -1.11. The molecule has 114 valence electrons. The van der Waals surface area contributed by atoms with Crippen molar-refractivity contribution in [2.75, 3.05) is 7.11 Å². The van der Waals surface area contributed by atoms with Gasteiger partial charge in [0.25, 0.3) is 0 Å². The van der Waals surface area contributed by atoms with Crippen molar-refractivity contribution in [2.45, 2.75) is 21.3 Å². The molecule has 0 atom stereocenters. The number of benzene rings is 1. The maximum atomic E-state index is 11.3. The fraction of sp³-hybridized carbons (Fsp3) is 0.286. The first kappa shape index (κ1) is 23.9. The first-order valence-corrected chi connectivity index (χ1v) is 6.86. The van der Waals surface area contributed by atoms with Gasteiger partial charge in [-0.05, 0) is 44.0 Å². The van der Waals surface area contributed by atoms with Crippen molar-refractivity contribution in [3.05, 3.63) is 45.4 Å². The number of carboxylic acids is 1. The molecule has 1 rings (SSSR count). The molecule has 0 amide bonds. The maximum Gasteiger partial charge on any atom is 0.339 e. The molecule has 0 aliphatic rings. The number of aromatic carboxylic acids is 1. The topological polar surface area (TPSA) is 63.6 Å². The molecule has 0 aliphatic carbocycles. The number of carboxylic acid groups (broad SMARTS) is 1. The summed E-state index contributed by atoms with van der Waals surface area (Å²) in [6, 6.07) is 2.75. The lowest BCUT2D eigenvalue weighted by molar-refractivity contribution is 0.0599. The summed E-state index contributed by atoms with van der Waals surface area (Å²) in [5.74, 6) is -1.70. The second kappa shape index (κ2) is 12.9. The van der Waals surface area contributed by atoms with E-state index in [1.807, 2.05) is 13.8 Å². The van der Waals surface area contributed by atoms with Crippen molar-refractivity contribution in [1.29, 1.82) is 0 Å². The third kappa shape index (κ3) is 6.86. The van der Waals surface area contributed by atoms with Gasteiger partial charge in [-0.25, -0.2) is 9.59 Å². The van der Waals surface area contributed by atoms with Crippen LogP contribution in [0.4, 0.5) is 0 Å². The van der Waals surface area contributed by atoms with Crippen molar-refractivity contribution in [3.8, 4) is 0 Å². The molecule has 0 aliphatic heterocycles. The highest BCUT2D eigenvalue weighted by Crippen LogP contribution is 2.26. The molecule has 0 saturated heterocycles. The summed E-state index contributed by atoms with van der Waals surface area (Å²) in [5, 5.41) is 8.84. The number of ether oxygens (including phenoxy) is 1. The Bertz CT molecular complexity index is 445. The lowest BCUT2D eigenvalue weighted by Crippen LogP contribution is -2.06. The van der Waals surface area contributed by atoms with Crippen LogP contribution in [0.5, 0.6) is 0 Å². The van der Waals surface area contributed by atoms with Gasteiger partial charge in [-0.2, -0.15) is 0 Å². The van der Waals surface area contributed by atoms with Gasteiger partial charge in [-0.3, -0.25) is 0 Å². The molecular formula is C14H20Br2O4. The molecule has 0 unspecified atom stereocenters. The van der Waals surface area contributed by atoms with Gasteiger partial charge in [0.1, 0.15) is 0 Å². The fourth-order valence-electron chi connectivity index (χ4n) is 0.979. The predicted octanol–water partition coefficient (Wildman–Crippen LogP) is 5.16. The first-order valence-electron chi connectivity index (χ1n) is 5.28. The van der Waals surface area contributed by atoms with E-state index >= 15 is 0 Å². The predicted molar refractivity (Wildman–Crippen MR) is 89.5 cm³/mol. The van der Waals surface area contributed by atoms with Crippen molar-refractivity contribution in [2.24, 2.45) is 0 Å². The Labute approximate surface area is 137 Å². The van der Waals surface area contributed by atoms with Crippen molar-refractivity contribution < 1.29 is 19.4 Å². The smallest absolute Gasteiger partial charge is 0.339 e. The van der Waals surface area contributed by atoms with Gasteiger partial charge < -0.3 is 9.84 Å². The van der Waals surface area contributed by atoms with E-state index in [9.17, 15) is 9.59 Å². The number of esters is 1. The molecule has 6 heteroatoms. The van der Waals surface area contributed by atoms with Crippen molar-refractivity contribution in [3.63, 3.8) is 0 Å². The molecule has 0 heterocycles. The number of methoxy groups -OCH3 is 1. The molecule has 1 aromatic rings. The van der Waals surface area contributed by atoms with Crippen LogP contribution in [0.25, 0.3) is 0 Å². The SMILES string of the molecule is C.C=C.CC.COC(=O)c1cc(C(=O)O)c(Br)cc1Br. The maximum absolute atomic E-state index is 11.3. The van der Waals surface area contributed by atoms with Crippen LogP contribution >= 0.6 is 31.9 Å². The molecule has 20 heavy (non-hydrogen) atoms. The second-order valence-electron chi connectivity index (χ2n) is 2.61.